The van der Waals surface area contributed by atoms with Crippen molar-refractivity contribution in [2.45, 2.75) is 26.7 Å². The van der Waals surface area contributed by atoms with Crippen LogP contribution in [0.15, 0.2) is 47.0 Å². The average molecular weight is 351 g/mol. The molecule has 6 nitrogen and oxygen atoms in total. The molecule has 0 atom stereocenters. The highest BCUT2D eigenvalue weighted by molar-refractivity contribution is 5.90. The number of methoxy groups -OCH3 is 1. The van der Waals surface area contributed by atoms with Crippen molar-refractivity contribution in [2.75, 3.05) is 12.4 Å². The Morgan fingerprint density at radius 3 is 2.77 bits per heavy atom. The molecule has 6 heteroatoms. The molecule has 0 aliphatic carbocycles. The van der Waals surface area contributed by atoms with Crippen LogP contribution in [0, 0.1) is 13.8 Å². The Bertz CT molecular complexity index is 918. The lowest BCUT2D eigenvalue weighted by molar-refractivity contribution is -0.116. The monoisotopic (exact) mass is 351 g/mol. The predicted molar refractivity (Wildman–Crippen MR) is 99.2 cm³/mol. The molecule has 2 aromatic carbocycles. The summed E-state index contributed by atoms with van der Waals surface area (Å²) in [7, 11) is 1.61. The zero-order valence-electron chi connectivity index (χ0n) is 15.1. The molecule has 3 rings (SSSR count). The second-order valence-electron chi connectivity index (χ2n) is 6.09. The van der Waals surface area contributed by atoms with Gasteiger partial charge in [-0.3, -0.25) is 4.79 Å². The minimum atomic E-state index is -0.0885. The highest BCUT2D eigenvalue weighted by Gasteiger charge is 2.11. The number of nitrogens with one attached hydrogen (secondary N) is 1. The second kappa shape index (κ2) is 7.82. The molecule has 0 aliphatic heterocycles. The number of aromatic nitrogens is 2. The maximum atomic E-state index is 12.1. The van der Waals surface area contributed by atoms with Crippen LogP contribution >= 0.6 is 0 Å². The summed E-state index contributed by atoms with van der Waals surface area (Å²) in [5.74, 6) is 1.54. The summed E-state index contributed by atoms with van der Waals surface area (Å²) in [5, 5.41) is 6.86. The van der Waals surface area contributed by atoms with E-state index in [1.165, 1.54) is 5.56 Å². The van der Waals surface area contributed by atoms with Crippen LogP contribution in [0.3, 0.4) is 0 Å². The van der Waals surface area contributed by atoms with E-state index < -0.39 is 0 Å². The van der Waals surface area contributed by atoms with Gasteiger partial charge >= 0.3 is 0 Å². The summed E-state index contributed by atoms with van der Waals surface area (Å²) < 4.78 is 10.4. The van der Waals surface area contributed by atoms with E-state index in [1.807, 2.05) is 56.3 Å². The van der Waals surface area contributed by atoms with Gasteiger partial charge < -0.3 is 14.6 Å². The van der Waals surface area contributed by atoms with E-state index in [0.29, 0.717) is 18.1 Å². The summed E-state index contributed by atoms with van der Waals surface area (Å²) in [5.41, 5.74) is 3.93. The van der Waals surface area contributed by atoms with Crippen LogP contribution in [0.2, 0.25) is 0 Å². The molecule has 1 aromatic heterocycles. The van der Waals surface area contributed by atoms with Gasteiger partial charge in [0.25, 0.3) is 0 Å². The summed E-state index contributed by atoms with van der Waals surface area (Å²) in [6.45, 7) is 4.06. The van der Waals surface area contributed by atoms with Crippen molar-refractivity contribution in [2.24, 2.45) is 0 Å². The van der Waals surface area contributed by atoms with E-state index in [9.17, 15) is 4.79 Å². The van der Waals surface area contributed by atoms with Gasteiger partial charge in [0.1, 0.15) is 5.75 Å². The third-order valence-corrected chi connectivity index (χ3v) is 4.15. The molecule has 1 N–H and O–H groups in total. The highest BCUT2D eigenvalue weighted by Crippen LogP contribution is 2.21. The Hall–Kier alpha value is -3.15. The molecular formula is C20H21N3O3. The quantitative estimate of drug-likeness (QED) is 0.728. The molecule has 134 valence electrons. The minimum absolute atomic E-state index is 0.0885. The number of rotatable bonds is 6. The molecule has 0 aliphatic rings. The first-order valence-electron chi connectivity index (χ1n) is 8.39. The van der Waals surface area contributed by atoms with E-state index >= 15 is 0 Å². The van der Waals surface area contributed by atoms with E-state index in [4.69, 9.17) is 9.26 Å². The molecule has 0 fully saturated rings. The average Bonchev–Trinajstić information content (AvgIpc) is 3.12. The first-order valence-corrected chi connectivity index (χ1v) is 8.39. The molecule has 0 saturated heterocycles. The molecule has 26 heavy (non-hydrogen) atoms. The number of amides is 1. The second-order valence-corrected chi connectivity index (χ2v) is 6.09. The highest BCUT2D eigenvalue weighted by atomic mass is 16.5. The largest absolute Gasteiger partial charge is 0.497 e. The molecule has 0 radical (unpaired) electrons. The summed E-state index contributed by atoms with van der Waals surface area (Å²) in [6.07, 6.45) is 0.653. The summed E-state index contributed by atoms with van der Waals surface area (Å²) >= 11 is 0. The van der Waals surface area contributed by atoms with Crippen LogP contribution in [-0.2, 0) is 11.2 Å². The van der Waals surface area contributed by atoms with E-state index in [1.54, 1.807) is 7.11 Å². The van der Waals surface area contributed by atoms with Crippen LogP contribution in [-0.4, -0.2) is 23.2 Å². The number of benzene rings is 2. The first kappa shape index (κ1) is 17.7. The summed E-state index contributed by atoms with van der Waals surface area (Å²) in [4.78, 5) is 16.5. The Balaban J connectivity index is 1.58. The third-order valence-electron chi connectivity index (χ3n) is 4.15. The van der Waals surface area contributed by atoms with E-state index in [2.05, 4.69) is 15.5 Å². The number of carbonyl (C=O) groups is 1. The lowest BCUT2D eigenvalue weighted by atomic mass is 10.1. The Kier molecular flexibility index (Phi) is 5.31. The van der Waals surface area contributed by atoms with Crippen molar-refractivity contribution in [3.05, 3.63) is 59.5 Å². The molecule has 1 amide bonds. The molecule has 0 saturated carbocycles. The number of hydrogen-bond donors (Lipinski definition) is 1. The van der Waals surface area contributed by atoms with E-state index in [0.717, 1.165) is 22.6 Å². The molecular weight excluding hydrogens is 330 g/mol. The maximum absolute atomic E-state index is 12.1. The Labute approximate surface area is 152 Å². The normalized spacial score (nSPS) is 10.6. The topological polar surface area (TPSA) is 77.2 Å². The number of aryl methyl sites for hydroxylation is 3. The first-order chi connectivity index (χ1) is 12.5. The number of ether oxygens (including phenoxy) is 1. The standard InChI is InChI=1S/C20H21N3O3/c1-13-7-8-16(11-14(13)2)21-18(24)9-10-19-22-20(23-26-19)15-5-4-6-17(12-15)25-3/h4-8,11-12H,9-10H2,1-3H3,(H,21,24). The Morgan fingerprint density at radius 1 is 1.15 bits per heavy atom. The van der Waals surface area contributed by atoms with Crippen molar-refractivity contribution in [3.63, 3.8) is 0 Å². The maximum Gasteiger partial charge on any atom is 0.227 e. The number of anilines is 1. The van der Waals surface area contributed by atoms with Gasteiger partial charge in [0, 0.05) is 24.1 Å². The van der Waals surface area contributed by atoms with Gasteiger partial charge in [0.05, 0.1) is 7.11 Å². The van der Waals surface area contributed by atoms with Crippen LogP contribution < -0.4 is 10.1 Å². The van der Waals surface area contributed by atoms with E-state index in [-0.39, 0.29) is 12.3 Å². The SMILES string of the molecule is COc1cccc(-c2noc(CCC(=O)Nc3ccc(C)c(C)c3)n2)c1. The van der Waals surface area contributed by atoms with Gasteiger partial charge in [0.2, 0.25) is 17.6 Å². The smallest absolute Gasteiger partial charge is 0.227 e. The number of carbonyl (C=O) groups excluding carboxylic acids is 1. The van der Waals surface area contributed by atoms with Crippen LogP contribution in [0.4, 0.5) is 5.69 Å². The van der Waals surface area contributed by atoms with Crippen molar-refractivity contribution < 1.29 is 14.1 Å². The van der Waals surface area contributed by atoms with Gasteiger partial charge in [-0.1, -0.05) is 23.4 Å². The third kappa shape index (κ3) is 4.27. The lowest BCUT2D eigenvalue weighted by Gasteiger charge is -2.06. The predicted octanol–water partition coefficient (Wildman–Crippen LogP) is 3.93. The Morgan fingerprint density at radius 2 is 2.00 bits per heavy atom. The van der Waals surface area contributed by atoms with Crippen molar-refractivity contribution in [1.29, 1.82) is 0 Å². The van der Waals surface area contributed by atoms with Crippen LogP contribution in [0.25, 0.3) is 11.4 Å². The molecule has 0 spiro atoms. The zero-order chi connectivity index (χ0) is 18.5. The van der Waals surface area contributed by atoms with Crippen molar-refractivity contribution >= 4 is 11.6 Å². The number of hydrogen-bond acceptors (Lipinski definition) is 5. The fourth-order valence-electron chi connectivity index (χ4n) is 2.50. The zero-order valence-corrected chi connectivity index (χ0v) is 15.1. The van der Waals surface area contributed by atoms with Crippen molar-refractivity contribution in [1.82, 2.24) is 10.1 Å². The number of nitrogens with zero attached hydrogens (tertiary/aromatic N) is 2. The fraction of sp³-hybridized carbons (Fsp3) is 0.250. The van der Waals surface area contributed by atoms with Gasteiger partial charge in [-0.25, -0.2) is 0 Å². The summed E-state index contributed by atoms with van der Waals surface area (Å²) in [6, 6.07) is 13.3. The molecule has 3 aromatic rings. The molecule has 0 unspecified atom stereocenters. The fourth-order valence-corrected chi connectivity index (χ4v) is 2.50. The van der Waals surface area contributed by atoms with Gasteiger partial charge in [-0.05, 0) is 49.2 Å². The van der Waals surface area contributed by atoms with Gasteiger partial charge in [-0.2, -0.15) is 4.98 Å². The minimum Gasteiger partial charge on any atom is -0.497 e. The molecule has 1 heterocycles. The van der Waals surface area contributed by atoms with Crippen LogP contribution in [0.1, 0.15) is 23.4 Å². The molecule has 0 bridgehead atoms. The lowest BCUT2D eigenvalue weighted by Crippen LogP contribution is -2.12. The van der Waals surface area contributed by atoms with Gasteiger partial charge in [0.15, 0.2) is 0 Å². The van der Waals surface area contributed by atoms with Crippen molar-refractivity contribution in [3.8, 4) is 17.1 Å². The van der Waals surface area contributed by atoms with Gasteiger partial charge in [-0.15, -0.1) is 0 Å². The van der Waals surface area contributed by atoms with Crippen LogP contribution in [0.5, 0.6) is 5.75 Å².